The zero-order valence-corrected chi connectivity index (χ0v) is 12.5. The summed E-state index contributed by atoms with van der Waals surface area (Å²) < 4.78 is 44.5. The molecule has 21 heavy (non-hydrogen) atoms. The predicted molar refractivity (Wildman–Crippen MR) is 74.4 cm³/mol. The summed E-state index contributed by atoms with van der Waals surface area (Å²) in [5.74, 6) is 0.0111. The molecule has 0 amide bonds. The smallest absolute Gasteiger partial charge is 0.243 e. The fraction of sp³-hybridized carbons (Fsp3) is 0.286. The first-order valence-corrected chi connectivity index (χ1v) is 7.69. The number of aliphatic hydroxyl groups is 1. The van der Waals surface area contributed by atoms with E-state index in [4.69, 9.17) is 9.52 Å². The number of hydrogen-bond donors (Lipinski definition) is 1. The van der Waals surface area contributed by atoms with Crippen LogP contribution in [0.15, 0.2) is 39.8 Å². The lowest BCUT2D eigenvalue weighted by Gasteiger charge is -2.17. The fourth-order valence-corrected chi connectivity index (χ4v) is 3.11. The Hall–Kier alpha value is -1.70. The molecule has 0 radical (unpaired) electrons. The number of rotatable bonds is 5. The molecule has 0 saturated heterocycles. The van der Waals surface area contributed by atoms with Gasteiger partial charge in [-0.2, -0.15) is 4.31 Å². The third-order valence-corrected chi connectivity index (χ3v) is 5.05. The molecule has 1 N–H and O–H groups in total. The van der Waals surface area contributed by atoms with Crippen molar-refractivity contribution < 1.29 is 22.3 Å². The lowest BCUT2D eigenvalue weighted by atomic mass is 10.2. The SMILES string of the molecule is Cc1occc1CN(C)S(=O)(=O)c1ccc(F)c(CO)c1. The quantitative estimate of drug-likeness (QED) is 0.917. The highest BCUT2D eigenvalue weighted by Crippen LogP contribution is 2.21. The van der Waals surface area contributed by atoms with Crippen molar-refractivity contribution in [3.63, 3.8) is 0 Å². The van der Waals surface area contributed by atoms with Gasteiger partial charge < -0.3 is 9.52 Å². The molecule has 1 heterocycles. The van der Waals surface area contributed by atoms with Gasteiger partial charge in [0.25, 0.3) is 0 Å². The normalized spacial score (nSPS) is 12.0. The van der Waals surface area contributed by atoms with Gasteiger partial charge >= 0.3 is 0 Å². The van der Waals surface area contributed by atoms with Crippen LogP contribution in [0.1, 0.15) is 16.9 Å². The molecule has 1 aromatic carbocycles. The Bertz CT molecular complexity index is 739. The molecular formula is C14H16FNO4S. The minimum absolute atomic E-state index is 0.0519. The summed E-state index contributed by atoms with van der Waals surface area (Å²) in [6.45, 7) is 1.34. The van der Waals surface area contributed by atoms with Gasteiger partial charge in [0.05, 0.1) is 17.8 Å². The first kappa shape index (κ1) is 15.7. The largest absolute Gasteiger partial charge is 0.469 e. The summed E-state index contributed by atoms with van der Waals surface area (Å²) in [6.07, 6.45) is 1.49. The highest BCUT2D eigenvalue weighted by molar-refractivity contribution is 7.89. The van der Waals surface area contributed by atoms with Crippen molar-refractivity contribution in [3.05, 3.63) is 53.2 Å². The van der Waals surface area contributed by atoms with Crippen LogP contribution in [0.25, 0.3) is 0 Å². The third kappa shape index (κ3) is 3.15. The maximum Gasteiger partial charge on any atom is 0.243 e. The minimum atomic E-state index is -3.77. The average Bonchev–Trinajstić information content (AvgIpc) is 2.84. The van der Waals surface area contributed by atoms with Crippen molar-refractivity contribution in [2.24, 2.45) is 0 Å². The Kier molecular flexibility index (Phi) is 4.46. The molecule has 2 aromatic rings. The molecule has 0 bridgehead atoms. The number of aliphatic hydroxyl groups excluding tert-OH is 1. The molecule has 0 atom stereocenters. The molecule has 0 saturated carbocycles. The second kappa shape index (κ2) is 5.97. The zero-order chi connectivity index (χ0) is 15.6. The number of aryl methyl sites for hydroxylation is 1. The molecule has 114 valence electrons. The van der Waals surface area contributed by atoms with Crippen LogP contribution in [0.4, 0.5) is 4.39 Å². The molecule has 0 unspecified atom stereocenters. The number of sulfonamides is 1. The van der Waals surface area contributed by atoms with Gasteiger partial charge in [0, 0.05) is 24.7 Å². The summed E-state index contributed by atoms with van der Waals surface area (Å²) in [6, 6.07) is 5.06. The molecule has 1 aromatic heterocycles. The number of hydrogen-bond acceptors (Lipinski definition) is 4. The van der Waals surface area contributed by atoms with E-state index in [1.165, 1.54) is 19.4 Å². The van der Waals surface area contributed by atoms with Crippen LogP contribution in [0, 0.1) is 12.7 Å². The Morgan fingerprint density at radius 2 is 2.00 bits per heavy atom. The highest BCUT2D eigenvalue weighted by atomic mass is 32.2. The van der Waals surface area contributed by atoms with Crippen LogP contribution in [0.5, 0.6) is 0 Å². The maximum absolute atomic E-state index is 13.3. The molecule has 0 aliphatic carbocycles. The van der Waals surface area contributed by atoms with E-state index < -0.39 is 22.4 Å². The van der Waals surface area contributed by atoms with Crippen molar-refractivity contribution in [1.29, 1.82) is 0 Å². The van der Waals surface area contributed by atoms with E-state index in [2.05, 4.69) is 0 Å². The summed E-state index contributed by atoms with van der Waals surface area (Å²) in [5.41, 5.74) is 0.703. The third-order valence-electron chi connectivity index (χ3n) is 3.25. The van der Waals surface area contributed by atoms with Gasteiger partial charge in [-0.05, 0) is 31.2 Å². The van der Waals surface area contributed by atoms with Crippen molar-refractivity contribution >= 4 is 10.0 Å². The van der Waals surface area contributed by atoms with Crippen LogP contribution in [0.3, 0.4) is 0 Å². The molecule has 0 fully saturated rings. The molecule has 0 aliphatic rings. The van der Waals surface area contributed by atoms with Gasteiger partial charge in [0.2, 0.25) is 10.0 Å². The first-order valence-electron chi connectivity index (χ1n) is 6.25. The number of halogens is 1. The molecular weight excluding hydrogens is 297 g/mol. The second-order valence-electron chi connectivity index (χ2n) is 4.67. The number of benzene rings is 1. The van der Waals surface area contributed by atoms with E-state index in [-0.39, 0.29) is 17.0 Å². The second-order valence-corrected chi connectivity index (χ2v) is 6.72. The van der Waals surface area contributed by atoms with E-state index in [1.807, 2.05) is 0 Å². The lowest BCUT2D eigenvalue weighted by molar-refractivity contribution is 0.275. The van der Waals surface area contributed by atoms with Gasteiger partial charge in [-0.3, -0.25) is 0 Å². The van der Waals surface area contributed by atoms with Crippen LogP contribution < -0.4 is 0 Å². The van der Waals surface area contributed by atoms with E-state index >= 15 is 0 Å². The number of nitrogens with zero attached hydrogens (tertiary/aromatic N) is 1. The van der Waals surface area contributed by atoms with Crippen LogP contribution in [-0.4, -0.2) is 24.9 Å². The van der Waals surface area contributed by atoms with E-state index in [1.54, 1.807) is 13.0 Å². The van der Waals surface area contributed by atoms with Crippen LogP contribution >= 0.6 is 0 Å². The molecule has 7 heteroatoms. The first-order chi connectivity index (χ1) is 9.86. The zero-order valence-electron chi connectivity index (χ0n) is 11.7. The minimum Gasteiger partial charge on any atom is -0.469 e. The van der Waals surface area contributed by atoms with E-state index in [0.717, 1.165) is 22.0 Å². The monoisotopic (exact) mass is 313 g/mol. The van der Waals surface area contributed by atoms with Gasteiger partial charge in [-0.25, -0.2) is 12.8 Å². The van der Waals surface area contributed by atoms with Gasteiger partial charge in [-0.1, -0.05) is 0 Å². The summed E-state index contributed by atoms with van der Waals surface area (Å²) >= 11 is 0. The Morgan fingerprint density at radius 3 is 2.57 bits per heavy atom. The predicted octanol–water partition coefficient (Wildman–Crippen LogP) is 2.04. The summed E-state index contributed by atoms with van der Waals surface area (Å²) in [7, 11) is -2.33. The molecule has 5 nitrogen and oxygen atoms in total. The van der Waals surface area contributed by atoms with Crippen molar-refractivity contribution in [2.75, 3.05) is 7.05 Å². The van der Waals surface area contributed by atoms with Crippen molar-refractivity contribution in [3.8, 4) is 0 Å². The van der Waals surface area contributed by atoms with Crippen LogP contribution in [0.2, 0.25) is 0 Å². The van der Waals surface area contributed by atoms with Crippen molar-refractivity contribution in [2.45, 2.75) is 25.0 Å². The van der Waals surface area contributed by atoms with E-state index in [0.29, 0.717) is 5.76 Å². The molecule has 0 spiro atoms. The topological polar surface area (TPSA) is 70.8 Å². The highest BCUT2D eigenvalue weighted by Gasteiger charge is 2.23. The number of furan rings is 1. The Labute approximate surface area is 122 Å². The van der Waals surface area contributed by atoms with Crippen molar-refractivity contribution in [1.82, 2.24) is 4.31 Å². The van der Waals surface area contributed by atoms with Gasteiger partial charge in [-0.15, -0.1) is 0 Å². The molecule has 2 rings (SSSR count). The maximum atomic E-state index is 13.3. The Morgan fingerprint density at radius 1 is 1.29 bits per heavy atom. The molecule has 0 aliphatic heterocycles. The summed E-state index contributed by atoms with van der Waals surface area (Å²) in [4.78, 5) is -0.0587. The average molecular weight is 313 g/mol. The standard InChI is InChI=1S/C14H16FNO4S/c1-10-11(5-6-20-10)8-16(2)21(18,19)13-3-4-14(15)12(7-13)9-17/h3-7,17H,8-9H2,1-2H3. The van der Waals surface area contributed by atoms with Crippen LogP contribution in [-0.2, 0) is 23.2 Å². The lowest BCUT2D eigenvalue weighted by Crippen LogP contribution is -2.26. The van der Waals surface area contributed by atoms with Gasteiger partial charge in [0.1, 0.15) is 11.6 Å². The Balaban J connectivity index is 2.31. The van der Waals surface area contributed by atoms with E-state index in [9.17, 15) is 12.8 Å². The fourth-order valence-electron chi connectivity index (χ4n) is 1.91. The summed E-state index contributed by atoms with van der Waals surface area (Å²) in [5, 5.41) is 9.03. The van der Waals surface area contributed by atoms with Gasteiger partial charge in [0.15, 0.2) is 0 Å².